The third kappa shape index (κ3) is 2.64. The zero-order valence-electron chi connectivity index (χ0n) is 13.8. The Morgan fingerprint density at radius 2 is 2.15 bits per heavy atom. The van der Waals surface area contributed by atoms with Crippen molar-refractivity contribution in [3.05, 3.63) is 64.2 Å². The number of anilines is 1. The normalized spacial score (nSPS) is 13.9. The van der Waals surface area contributed by atoms with Gasteiger partial charge in [0.2, 0.25) is 0 Å². The molecule has 7 heteroatoms. The highest BCUT2D eigenvalue weighted by atomic mass is 32.2. The van der Waals surface area contributed by atoms with Crippen molar-refractivity contribution in [2.24, 2.45) is 0 Å². The molecule has 0 spiro atoms. The molecule has 0 unspecified atom stereocenters. The fraction of sp³-hybridized carbons (Fsp3) is 0.158. The summed E-state index contributed by atoms with van der Waals surface area (Å²) < 4.78 is 5.45. The number of rotatable bonds is 3. The minimum atomic E-state index is -0.114. The molecular weight excluding hydrogens is 366 g/mol. The Morgan fingerprint density at radius 1 is 1.23 bits per heavy atom. The summed E-state index contributed by atoms with van der Waals surface area (Å²) in [5.74, 6) is 2.42. The Balaban J connectivity index is 1.53. The molecule has 0 saturated carbocycles. The molecule has 0 atom stereocenters. The Bertz CT molecular complexity index is 1130. The van der Waals surface area contributed by atoms with E-state index in [9.17, 15) is 4.79 Å². The molecule has 5 rings (SSSR count). The fourth-order valence-corrected chi connectivity index (χ4v) is 5.25. The Kier molecular flexibility index (Phi) is 3.83. The van der Waals surface area contributed by atoms with Gasteiger partial charge < -0.3 is 14.3 Å². The first kappa shape index (κ1) is 15.7. The molecule has 4 aromatic rings. The monoisotopic (exact) mass is 381 g/mol. The number of fused-ring (bicyclic) bond motifs is 2. The molecule has 1 aliphatic heterocycles. The highest BCUT2D eigenvalue weighted by molar-refractivity contribution is 7.99. The van der Waals surface area contributed by atoms with E-state index >= 15 is 0 Å². The van der Waals surface area contributed by atoms with Gasteiger partial charge in [0, 0.05) is 28.1 Å². The van der Waals surface area contributed by atoms with Crippen LogP contribution < -0.4 is 10.5 Å². The number of benzene rings is 1. The number of aromatic amines is 1. The lowest BCUT2D eigenvalue weighted by molar-refractivity contribution is 0.583. The average Bonchev–Trinajstić information content (AvgIpc) is 3.31. The Hall–Kier alpha value is -2.51. The summed E-state index contributed by atoms with van der Waals surface area (Å²) >= 11 is 3.34. The number of nitrogens with zero attached hydrogens (tertiary/aromatic N) is 2. The van der Waals surface area contributed by atoms with E-state index in [4.69, 9.17) is 9.40 Å². The minimum absolute atomic E-state index is 0.114. The molecule has 0 aliphatic carbocycles. The van der Waals surface area contributed by atoms with Crippen molar-refractivity contribution in [1.82, 2.24) is 9.97 Å². The van der Waals surface area contributed by atoms with Crippen molar-refractivity contribution in [3.8, 4) is 11.3 Å². The summed E-state index contributed by atoms with van der Waals surface area (Å²) in [6.45, 7) is 1.53. The van der Waals surface area contributed by atoms with E-state index in [1.54, 1.807) is 6.26 Å². The molecule has 3 aromatic heterocycles. The second-order valence-electron chi connectivity index (χ2n) is 6.06. The van der Waals surface area contributed by atoms with Gasteiger partial charge in [0.25, 0.3) is 5.56 Å². The predicted molar refractivity (Wildman–Crippen MR) is 106 cm³/mol. The van der Waals surface area contributed by atoms with Gasteiger partial charge in [-0.25, -0.2) is 4.98 Å². The number of furan rings is 1. The zero-order valence-corrected chi connectivity index (χ0v) is 15.4. The SMILES string of the molecule is O=c1[nH]c(CN2CCSc3ccccc32)nc2scc(-c3ccco3)c12. The van der Waals surface area contributed by atoms with Gasteiger partial charge in [0.1, 0.15) is 16.4 Å². The van der Waals surface area contributed by atoms with Gasteiger partial charge in [-0.2, -0.15) is 0 Å². The minimum Gasteiger partial charge on any atom is -0.464 e. The van der Waals surface area contributed by atoms with Crippen molar-refractivity contribution in [1.29, 1.82) is 0 Å². The Labute approximate surface area is 157 Å². The molecule has 1 aliphatic rings. The van der Waals surface area contributed by atoms with Crippen LogP contribution in [0, 0.1) is 0 Å². The number of H-pyrrole nitrogens is 1. The lowest BCUT2D eigenvalue weighted by Gasteiger charge is -2.30. The number of hydrogen-bond donors (Lipinski definition) is 1. The first-order valence-electron chi connectivity index (χ1n) is 8.30. The third-order valence-electron chi connectivity index (χ3n) is 4.44. The summed E-state index contributed by atoms with van der Waals surface area (Å²) in [5, 5.41) is 2.53. The average molecular weight is 381 g/mol. The second kappa shape index (κ2) is 6.34. The molecule has 0 radical (unpaired) electrons. The lowest BCUT2D eigenvalue weighted by atomic mass is 10.2. The highest BCUT2D eigenvalue weighted by Crippen LogP contribution is 2.35. The maximum Gasteiger partial charge on any atom is 0.260 e. The van der Waals surface area contributed by atoms with Crippen molar-refractivity contribution in [2.45, 2.75) is 11.4 Å². The number of para-hydroxylation sites is 1. The van der Waals surface area contributed by atoms with E-state index in [1.165, 1.54) is 21.9 Å². The molecule has 26 heavy (non-hydrogen) atoms. The van der Waals surface area contributed by atoms with Crippen LogP contribution in [-0.4, -0.2) is 22.3 Å². The molecule has 1 aromatic carbocycles. The summed E-state index contributed by atoms with van der Waals surface area (Å²) in [5.41, 5.74) is 1.89. The van der Waals surface area contributed by atoms with Gasteiger partial charge in [0.15, 0.2) is 0 Å². The fourth-order valence-electron chi connectivity index (χ4n) is 3.25. The van der Waals surface area contributed by atoms with E-state index < -0.39 is 0 Å². The lowest BCUT2D eigenvalue weighted by Crippen LogP contribution is -2.30. The maximum atomic E-state index is 12.7. The summed E-state index contributed by atoms with van der Waals surface area (Å²) in [6.07, 6.45) is 1.61. The van der Waals surface area contributed by atoms with Crippen LogP contribution in [0.15, 0.2) is 62.1 Å². The van der Waals surface area contributed by atoms with Crippen molar-refractivity contribution >= 4 is 39.0 Å². The van der Waals surface area contributed by atoms with Gasteiger partial charge in [-0.05, 0) is 24.3 Å². The quantitative estimate of drug-likeness (QED) is 0.571. The zero-order chi connectivity index (χ0) is 17.5. The van der Waals surface area contributed by atoms with Gasteiger partial charge in [-0.3, -0.25) is 4.79 Å². The molecule has 0 amide bonds. The predicted octanol–water partition coefficient (Wildman–Crippen LogP) is 4.36. The van der Waals surface area contributed by atoms with Crippen LogP contribution in [0.25, 0.3) is 21.5 Å². The van der Waals surface area contributed by atoms with Gasteiger partial charge >= 0.3 is 0 Å². The van der Waals surface area contributed by atoms with Crippen molar-refractivity contribution < 1.29 is 4.42 Å². The third-order valence-corrected chi connectivity index (χ3v) is 6.36. The van der Waals surface area contributed by atoms with Crippen LogP contribution in [0.4, 0.5) is 5.69 Å². The smallest absolute Gasteiger partial charge is 0.260 e. The highest BCUT2D eigenvalue weighted by Gasteiger charge is 2.19. The number of hydrogen-bond acceptors (Lipinski definition) is 6. The standard InChI is InChI=1S/C19H15N3O2S2/c23-18-17-12(14-5-3-8-24-14)11-26-19(17)21-16(20-18)10-22-7-9-25-15-6-2-1-4-13(15)22/h1-6,8,11H,7,9-10H2,(H,20,21,23). The van der Waals surface area contributed by atoms with Crippen LogP contribution in [0.1, 0.15) is 5.82 Å². The molecule has 4 heterocycles. The Morgan fingerprint density at radius 3 is 3.04 bits per heavy atom. The molecular formula is C19H15N3O2S2. The molecule has 0 fully saturated rings. The van der Waals surface area contributed by atoms with Gasteiger partial charge in [-0.1, -0.05) is 12.1 Å². The number of thiophene rings is 1. The van der Waals surface area contributed by atoms with Gasteiger partial charge in [-0.15, -0.1) is 23.1 Å². The first-order valence-corrected chi connectivity index (χ1v) is 10.2. The van der Waals surface area contributed by atoms with Crippen LogP contribution in [0.3, 0.4) is 0 Å². The van der Waals surface area contributed by atoms with E-state index in [2.05, 4.69) is 28.1 Å². The molecule has 1 N–H and O–H groups in total. The van der Waals surface area contributed by atoms with E-state index in [0.717, 1.165) is 22.7 Å². The van der Waals surface area contributed by atoms with E-state index in [-0.39, 0.29) is 5.56 Å². The van der Waals surface area contributed by atoms with Crippen LogP contribution in [-0.2, 0) is 6.54 Å². The topological polar surface area (TPSA) is 62.1 Å². The summed E-state index contributed by atoms with van der Waals surface area (Å²) in [6, 6.07) is 12.0. The number of aromatic nitrogens is 2. The molecule has 5 nitrogen and oxygen atoms in total. The van der Waals surface area contributed by atoms with Gasteiger partial charge in [0.05, 0.1) is 23.9 Å². The first-order chi connectivity index (χ1) is 12.8. The molecule has 0 saturated heterocycles. The molecule has 0 bridgehead atoms. The summed E-state index contributed by atoms with van der Waals surface area (Å²) in [7, 11) is 0. The van der Waals surface area contributed by atoms with Crippen molar-refractivity contribution in [3.63, 3.8) is 0 Å². The molecule has 130 valence electrons. The van der Waals surface area contributed by atoms with E-state index in [0.29, 0.717) is 23.5 Å². The largest absolute Gasteiger partial charge is 0.464 e. The van der Waals surface area contributed by atoms with E-state index in [1.807, 2.05) is 35.3 Å². The second-order valence-corrected chi connectivity index (χ2v) is 8.05. The van der Waals surface area contributed by atoms with Crippen LogP contribution in [0.2, 0.25) is 0 Å². The van der Waals surface area contributed by atoms with Crippen molar-refractivity contribution in [2.75, 3.05) is 17.2 Å². The number of nitrogens with one attached hydrogen (secondary N) is 1. The number of thioether (sulfide) groups is 1. The summed E-state index contributed by atoms with van der Waals surface area (Å²) in [4.78, 5) is 24.7. The maximum absolute atomic E-state index is 12.7. The van der Waals surface area contributed by atoms with Crippen LogP contribution >= 0.6 is 23.1 Å². The van der Waals surface area contributed by atoms with Crippen LogP contribution in [0.5, 0.6) is 0 Å².